The van der Waals surface area contributed by atoms with Gasteiger partial charge in [0.05, 0.1) is 5.56 Å². The Labute approximate surface area is 224 Å². The van der Waals surface area contributed by atoms with Crippen molar-refractivity contribution < 1.29 is 15.0 Å². The summed E-state index contributed by atoms with van der Waals surface area (Å²) in [5.41, 5.74) is 7.79. The number of hydrogen-bond donors (Lipinski definition) is 2. The number of carbonyl (C=O) groups is 1. The summed E-state index contributed by atoms with van der Waals surface area (Å²) in [4.78, 5) is 25.9. The van der Waals surface area contributed by atoms with Gasteiger partial charge in [-0.25, -0.2) is 15.0 Å². The Hall–Kier alpha value is -4.06. The summed E-state index contributed by atoms with van der Waals surface area (Å²) < 4.78 is 0. The maximum Gasteiger partial charge on any atom is 0.303 e. The number of aromatic nitrogens is 3. The van der Waals surface area contributed by atoms with Crippen LogP contribution in [0.1, 0.15) is 60.6 Å². The summed E-state index contributed by atoms with van der Waals surface area (Å²) in [6.07, 6.45) is 0.331. The summed E-state index contributed by atoms with van der Waals surface area (Å²) in [7, 11) is 0. The van der Waals surface area contributed by atoms with E-state index in [0.29, 0.717) is 29.5 Å². The zero-order valence-corrected chi connectivity index (χ0v) is 23.2. The minimum Gasteiger partial charge on any atom is -0.507 e. The maximum absolute atomic E-state index is 11.5. The molecule has 1 heterocycles. The molecule has 0 bridgehead atoms. The number of aromatic hydroxyl groups is 1. The van der Waals surface area contributed by atoms with Crippen molar-refractivity contribution in [3.63, 3.8) is 0 Å². The fourth-order valence-corrected chi connectivity index (χ4v) is 4.70. The summed E-state index contributed by atoms with van der Waals surface area (Å²) in [5, 5.41) is 20.7. The molecule has 1 aromatic heterocycles. The molecule has 0 aliphatic carbocycles. The van der Waals surface area contributed by atoms with E-state index in [1.54, 1.807) is 6.07 Å². The summed E-state index contributed by atoms with van der Waals surface area (Å²) in [5.74, 6) is 0.627. The highest BCUT2D eigenvalue weighted by atomic mass is 16.4. The molecule has 0 aliphatic heterocycles. The number of carboxylic acid groups (broad SMARTS) is 1. The van der Waals surface area contributed by atoms with Gasteiger partial charge in [0.15, 0.2) is 17.5 Å². The largest absolute Gasteiger partial charge is 0.507 e. The zero-order chi connectivity index (χ0) is 27.8. The van der Waals surface area contributed by atoms with Gasteiger partial charge >= 0.3 is 5.97 Å². The molecular weight excluding hydrogens is 474 g/mol. The van der Waals surface area contributed by atoms with Crippen LogP contribution in [-0.4, -0.2) is 31.1 Å². The lowest BCUT2D eigenvalue weighted by molar-refractivity contribution is -0.136. The lowest BCUT2D eigenvalue weighted by Crippen LogP contribution is -2.13. The molecule has 0 radical (unpaired) electrons. The van der Waals surface area contributed by atoms with Gasteiger partial charge in [0.2, 0.25) is 0 Å². The predicted octanol–water partition coefficient (Wildman–Crippen LogP) is 7.13. The topological polar surface area (TPSA) is 96.2 Å². The van der Waals surface area contributed by atoms with Gasteiger partial charge in [-0.1, -0.05) is 74.4 Å². The van der Waals surface area contributed by atoms with Crippen LogP contribution < -0.4 is 0 Å². The predicted molar refractivity (Wildman–Crippen MR) is 151 cm³/mol. The van der Waals surface area contributed by atoms with Crippen molar-refractivity contribution in [1.82, 2.24) is 15.0 Å². The van der Waals surface area contributed by atoms with Crippen LogP contribution in [0.25, 0.3) is 34.2 Å². The normalized spacial score (nSPS) is 11.6. The first-order valence-corrected chi connectivity index (χ1v) is 12.8. The van der Waals surface area contributed by atoms with Gasteiger partial charge in [0.25, 0.3) is 0 Å². The highest BCUT2D eigenvalue weighted by Gasteiger charge is 2.24. The van der Waals surface area contributed by atoms with E-state index in [1.165, 1.54) is 0 Å². The molecule has 0 unspecified atom stereocenters. The van der Waals surface area contributed by atoms with Gasteiger partial charge in [-0.05, 0) is 62.3 Å². The summed E-state index contributed by atoms with van der Waals surface area (Å²) in [6.45, 7) is 14.2. The van der Waals surface area contributed by atoms with E-state index in [1.807, 2.05) is 78.8 Å². The van der Waals surface area contributed by atoms with Crippen LogP contribution in [-0.2, 0) is 16.6 Å². The second-order valence-electron chi connectivity index (χ2n) is 11.1. The van der Waals surface area contributed by atoms with Crippen molar-refractivity contribution in [1.29, 1.82) is 0 Å². The van der Waals surface area contributed by atoms with Crippen LogP contribution in [0, 0.1) is 27.7 Å². The number of aryl methyl sites for hydroxylation is 5. The number of carboxylic acids is 1. The monoisotopic (exact) mass is 509 g/mol. The summed E-state index contributed by atoms with van der Waals surface area (Å²) >= 11 is 0. The van der Waals surface area contributed by atoms with Crippen LogP contribution >= 0.6 is 0 Å². The Bertz CT molecular complexity index is 1460. The highest BCUT2D eigenvalue weighted by Crippen LogP contribution is 2.40. The van der Waals surface area contributed by atoms with Gasteiger partial charge in [-0.15, -0.1) is 0 Å². The first-order chi connectivity index (χ1) is 17.8. The third kappa shape index (κ3) is 5.75. The van der Waals surface area contributed by atoms with Crippen LogP contribution in [0.15, 0.2) is 48.5 Å². The number of phenols is 1. The smallest absolute Gasteiger partial charge is 0.303 e. The SMILES string of the molecule is Cc1ccc(-c2nc(-c3ccc(C)cc3C)nc(-c3cc(CCC(=O)O)cc(C(C)(C)C)c3O)n2)c(C)c1. The molecule has 0 amide bonds. The molecule has 0 saturated heterocycles. The van der Waals surface area contributed by atoms with E-state index < -0.39 is 5.97 Å². The van der Waals surface area contributed by atoms with Gasteiger partial charge in [0.1, 0.15) is 5.75 Å². The Morgan fingerprint density at radius 1 is 0.737 bits per heavy atom. The zero-order valence-electron chi connectivity index (χ0n) is 23.2. The van der Waals surface area contributed by atoms with E-state index in [4.69, 9.17) is 15.0 Å². The van der Waals surface area contributed by atoms with Crippen molar-refractivity contribution in [2.24, 2.45) is 0 Å². The van der Waals surface area contributed by atoms with Crippen molar-refractivity contribution in [2.75, 3.05) is 0 Å². The van der Waals surface area contributed by atoms with Crippen LogP contribution in [0.4, 0.5) is 0 Å². The van der Waals surface area contributed by atoms with Gasteiger partial charge in [-0.3, -0.25) is 4.79 Å². The Morgan fingerprint density at radius 2 is 1.21 bits per heavy atom. The van der Waals surface area contributed by atoms with E-state index in [-0.39, 0.29) is 17.6 Å². The molecule has 6 heteroatoms. The van der Waals surface area contributed by atoms with Crippen LogP contribution in [0.3, 0.4) is 0 Å². The second kappa shape index (κ2) is 10.4. The summed E-state index contributed by atoms with van der Waals surface area (Å²) in [6, 6.07) is 16.0. The minimum absolute atomic E-state index is 0.00732. The third-order valence-corrected chi connectivity index (χ3v) is 6.73. The van der Waals surface area contributed by atoms with Crippen molar-refractivity contribution in [3.8, 4) is 39.9 Å². The molecule has 4 rings (SSSR count). The maximum atomic E-state index is 11.5. The second-order valence-corrected chi connectivity index (χ2v) is 11.1. The Kier molecular flexibility index (Phi) is 7.36. The van der Waals surface area contributed by atoms with Crippen molar-refractivity contribution >= 4 is 5.97 Å². The number of phenolic OH excluding ortho intramolecular Hbond substituents is 1. The average molecular weight is 510 g/mol. The number of hydrogen-bond acceptors (Lipinski definition) is 5. The molecule has 3 aromatic carbocycles. The van der Waals surface area contributed by atoms with E-state index >= 15 is 0 Å². The van der Waals surface area contributed by atoms with Gasteiger partial charge in [0, 0.05) is 23.1 Å². The number of rotatable bonds is 6. The molecule has 0 fully saturated rings. The highest BCUT2D eigenvalue weighted by molar-refractivity contribution is 5.74. The Morgan fingerprint density at radius 3 is 1.63 bits per heavy atom. The molecule has 196 valence electrons. The van der Waals surface area contributed by atoms with Crippen molar-refractivity contribution in [3.05, 3.63) is 81.9 Å². The minimum atomic E-state index is -0.869. The lowest BCUT2D eigenvalue weighted by Gasteiger charge is -2.23. The van der Waals surface area contributed by atoms with E-state index in [2.05, 4.69) is 12.1 Å². The number of nitrogens with zero attached hydrogens (tertiary/aromatic N) is 3. The van der Waals surface area contributed by atoms with Crippen LogP contribution in [0.5, 0.6) is 5.75 Å². The molecule has 0 spiro atoms. The standard InChI is InChI=1S/C32H35N3O3/c1-18-8-11-23(20(3)14-18)29-33-30(24-12-9-19(2)15-21(24)4)35-31(34-29)25-16-22(10-13-27(36)37)17-26(28(25)38)32(5,6)7/h8-9,11-12,14-17,38H,10,13H2,1-7H3,(H,36,37). The quantitative estimate of drug-likeness (QED) is 0.287. The lowest BCUT2D eigenvalue weighted by atomic mass is 9.83. The number of aliphatic carboxylic acids is 1. The molecular formula is C32H35N3O3. The van der Waals surface area contributed by atoms with Gasteiger partial charge in [-0.2, -0.15) is 0 Å². The molecule has 6 nitrogen and oxygen atoms in total. The molecule has 38 heavy (non-hydrogen) atoms. The molecule has 0 saturated carbocycles. The van der Waals surface area contributed by atoms with Crippen molar-refractivity contribution in [2.45, 2.75) is 66.7 Å². The third-order valence-electron chi connectivity index (χ3n) is 6.73. The fourth-order valence-electron chi connectivity index (χ4n) is 4.70. The first-order valence-electron chi connectivity index (χ1n) is 12.8. The Balaban J connectivity index is 2.02. The first kappa shape index (κ1) is 27.0. The molecule has 0 aliphatic rings. The van der Waals surface area contributed by atoms with Crippen LogP contribution in [0.2, 0.25) is 0 Å². The molecule has 4 aromatic rings. The van der Waals surface area contributed by atoms with Gasteiger partial charge < -0.3 is 10.2 Å². The molecule has 2 N–H and O–H groups in total. The number of benzene rings is 3. The van der Waals surface area contributed by atoms with E-state index in [0.717, 1.165) is 44.5 Å². The average Bonchev–Trinajstić information content (AvgIpc) is 2.82. The fraction of sp³-hybridized carbons (Fsp3) is 0.312. The molecule has 0 atom stereocenters. The van der Waals surface area contributed by atoms with E-state index in [9.17, 15) is 15.0 Å².